The minimum atomic E-state index is -3.59. The van der Waals surface area contributed by atoms with Crippen LogP contribution in [-0.4, -0.2) is 45.7 Å². The monoisotopic (exact) mass is 498 g/mol. The predicted molar refractivity (Wildman–Crippen MR) is 119 cm³/mol. The molecule has 27 heavy (non-hydrogen) atoms. The van der Waals surface area contributed by atoms with Gasteiger partial charge in [-0.3, -0.25) is 0 Å². The molecule has 5 heteroatoms. The molecule has 3 nitrogen and oxygen atoms in total. The van der Waals surface area contributed by atoms with Crippen molar-refractivity contribution in [3.8, 4) is 5.75 Å². The van der Waals surface area contributed by atoms with Crippen LogP contribution < -0.4 is 20.1 Å². The van der Waals surface area contributed by atoms with Gasteiger partial charge in [-0.1, -0.05) is 0 Å². The van der Waals surface area contributed by atoms with E-state index in [1.807, 2.05) is 58.5 Å². The van der Waals surface area contributed by atoms with Crippen LogP contribution in [0.3, 0.4) is 0 Å². The Bertz CT molecular complexity index is 814. The van der Waals surface area contributed by atoms with Crippen molar-refractivity contribution >= 4 is 45.0 Å². The number of rotatable bonds is 6. The number of para-hydroxylation sites is 1. The maximum absolute atomic E-state index is 7.33. The summed E-state index contributed by atoms with van der Waals surface area (Å²) in [6.45, 7) is 0. The Balaban J connectivity index is 2.05. The molecule has 0 fully saturated rings. The normalized spacial score (nSPS) is 11.7. The molecule has 0 saturated carbocycles. The molecule has 3 aromatic carbocycles. The summed E-state index contributed by atoms with van der Waals surface area (Å²) >= 11 is -3.59. The van der Waals surface area contributed by atoms with E-state index >= 15 is 0 Å². The van der Waals surface area contributed by atoms with Gasteiger partial charge in [0.2, 0.25) is 0 Å². The van der Waals surface area contributed by atoms with Crippen molar-refractivity contribution in [2.45, 2.75) is 0 Å². The SMILES string of the molecule is CN(C)c1ccc([Te](Cl)(Oc2ccccc2)c2ccc(N(C)C)cc2)cc1. The molecule has 0 aliphatic heterocycles. The average Bonchev–Trinajstić information content (AvgIpc) is 2.69. The van der Waals surface area contributed by atoms with Crippen molar-refractivity contribution < 1.29 is 3.10 Å². The van der Waals surface area contributed by atoms with Crippen LogP contribution in [0.15, 0.2) is 78.9 Å². The Hall–Kier alpha value is -1.86. The summed E-state index contributed by atoms with van der Waals surface area (Å²) in [6, 6.07) is 26.7. The summed E-state index contributed by atoms with van der Waals surface area (Å²) in [6.07, 6.45) is 0. The molecule has 142 valence electrons. The standard InChI is InChI=1S/C22H25ClN2OTe/c1-24(2)18-10-14-21(15-11-18)27(23,26-20-8-6-5-7-9-20)22-16-12-19(13-17-22)25(3)4/h5-17H,1-4H3. The van der Waals surface area contributed by atoms with Crippen molar-refractivity contribution in [3.63, 3.8) is 0 Å². The number of hydrogen-bond donors (Lipinski definition) is 0. The fraction of sp³-hybridized carbons (Fsp3) is 0.182. The van der Waals surface area contributed by atoms with Gasteiger partial charge in [0.15, 0.2) is 0 Å². The van der Waals surface area contributed by atoms with E-state index in [1.54, 1.807) is 0 Å². The van der Waals surface area contributed by atoms with Gasteiger partial charge in [-0.25, -0.2) is 0 Å². The summed E-state index contributed by atoms with van der Waals surface area (Å²) in [7, 11) is 15.5. The molecule has 0 aromatic heterocycles. The Kier molecular flexibility index (Phi) is 6.22. The zero-order chi connectivity index (χ0) is 19.4. The molecule has 0 atom stereocenters. The van der Waals surface area contributed by atoms with E-state index in [-0.39, 0.29) is 0 Å². The van der Waals surface area contributed by atoms with Gasteiger partial charge >= 0.3 is 171 Å². The van der Waals surface area contributed by atoms with E-state index in [1.165, 1.54) is 0 Å². The predicted octanol–water partition coefficient (Wildman–Crippen LogP) is 3.69. The molecule has 0 bridgehead atoms. The van der Waals surface area contributed by atoms with E-state index in [2.05, 4.69) is 58.3 Å². The maximum atomic E-state index is 7.33. The van der Waals surface area contributed by atoms with E-state index in [4.69, 9.17) is 12.1 Å². The van der Waals surface area contributed by atoms with Crippen LogP contribution in [0.2, 0.25) is 0 Å². The fourth-order valence-corrected chi connectivity index (χ4v) is 9.72. The minimum absolute atomic E-state index is 0.807. The van der Waals surface area contributed by atoms with Crippen molar-refractivity contribution in [2.24, 2.45) is 0 Å². The van der Waals surface area contributed by atoms with Gasteiger partial charge in [0.1, 0.15) is 0 Å². The first kappa shape index (κ1) is 19.9. The number of nitrogens with zero attached hydrogens (tertiary/aromatic N) is 2. The Labute approximate surface area is 170 Å². The number of anilines is 2. The summed E-state index contributed by atoms with van der Waals surface area (Å²) in [5.41, 5.74) is 2.28. The second-order valence-electron chi connectivity index (χ2n) is 6.66. The van der Waals surface area contributed by atoms with Gasteiger partial charge in [0.25, 0.3) is 0 Å². The Morgan fingerprint density at radius 2 is 1.04 bits per heavy atom. The van der Waals surface area contributed by atoms with Gasteiger partial charge in [0, 0.05) is 0 Å². The van der Waals surface area contributed by atoms with Crippen molar-refractivity contribution in [1.82, 2.24) is 0 Å². The first-order chi connectivity index (χ1) is 12.9. The quantitative estimate of drug-likeness (QED) is 0.485. The summed E-state index contributed by atoms with van der Waals surface area (Å²) < 4.78 is 8.65. The van der Waals surface area contributed by atoms with Crippen LogP contribution >= 0.6 is 8.96 Å². The molecule has 3 rings (SSSR count). The summed E-state index contributed by atoms with van der Waals surface area (Å²) in [4.78, 5) is 4.16. The number of halogens is 1. The number of benzene rings is 3. The molecule has 0 N–H and O–H groups in total. The number of hydrogen-bond acceptors (Lipinski definition) is 3. The molecule has 0 spiro atoms. The summed E-state index contributed by atoms with van der Waals surface area (Å²) in [5.74, 6) is 0.807. The molecule has 3 aromatic rings. The van der Waals surface area contributed by atoms with Gasteiger partial charge in [-0.15, -0.1) is 0 Å². The molecule has 0 heterocycles. The average molecular weight is 497 g/mol. The van der Waals surface area contributed by atoms with Crippen LogP contribution in [0.25, 0.3) is 0 Å². The first-order valence-electron chi connectivity index (χ1n) is 8.72. The van der Waals surface area contributed by atoms with E-state index in [0.717, 1.165) is 24.3 Å². The van der Waals surface area contributed by atoms with Crippen LogP contribution in [0, 0.1) is 0 Å². The van der Waals surface area contributed by atoms with Crippen LogP contribution in [0.1, 0.15) is 0 Å². The topological polar surface area (TPSA) is 15.7 Å². The van der Waals surface area contributed by atoms with Crippen molar-refractivity contribution in [3.05, 3.63) is 78.9 Å². The molecule has 0 aliphatic carbocycles. The van der Waals surface area contributed by atoms with Crippen LogP contribution in [-0.2, 0) is 0 Å². The second-order valence-corrected chi connectivity index (χ2v) is 15.5. The van der Waals surface area contributed by atoms with E-state index < -0.39 is 17.5 Å². The van der Waals surface area contributed by atoms with Crippen molar-refractivity contribution in [2.75, 3.05) is 38.0 Å². The summed E-state index contributed by atoms with van der Waals surface area (Å²) in [5, 5.41) is 0. The van der Waals surface area contributed by atoms with E-state index in [9.17, 15) is 0 Å². The van der Waals surface area contributed by atoms with Gasteiger partial charge in [0.05, 0.1) is 0 Å². The first-order valence-corrected chi connectivity index (χ1v) is 15.0. The fourth-order valence-electron chi connectivity index (χ4n) is 2.68. The van der Waals surface area contributed by atoms with Gasteiger partial charge < -0.3 is 0 Å². The molecular formula is C22H25ClN2OTe. The zero-order valence-electron chi connectivity index (χ0n) is 16.1. The third-order valence-electron chi connectivity index (χ3n) is 4.27. The molecule has 0 unspecified atom stereocenters. The van der Waals surface area contributed by atoms with Crippen LogP contribution in [0.4, 0.5) is 11.4 Å². The third kappa shape index (κ3) is 4.52. The Morgan fingerprint density at radius 3 is 1.41 bits per heavy atom. The molecule has 0 radical (unpaired) electrons. The molecule has 0 aliphatic rings. The molecule has 0 saturated heterocycles. The Morgan fingerprint density at radius 1 is 0.630 bits per heavy atom. The van der Waals surface area contributed by atoms with Crippen molar-refractivity contribution in [1.29, 1.82) is 0 Å². The third-order valence-corrected chi connectivity index (χ3v) is 13.3. The second kappa shape index (κ2) is 8.44. The molecule has 0 amide bonds. The zero-order valence-corrected chi connectivity index (χ0v) is 19.2. The van der Waals surface area contributed by atoms with Crippen LogP contribution in [0.5, 0.6) is 5.75 Å². The van der Waals surface area contributed by atoms with Gasteiger partial charge in [-0.05, 0) is 0 Å². The van der Waals surface area contributed by atoms with E-state index in [0.29, 0.717) is 0 Å². The molecular weight excluding hydrogens is 471 g/mol. The van der Waals surface area contributed by atoms with Gasteiger partial charge in [-0.2, -0.15) is 0 Å².